The molecule has 6 nitrogen and oxygen atoms in total. The van der Waals surface area contributed by atoms with Crippen molar-refractivity contribution in [2.45, 2.75) is 0 Å². The maximum absolute atomic E-state index is 13.8. The Morgan fingerprint density at radius 3 is 2.72 bits per heavy atom. The first kappa shape index (κ1) is 21.1. The number of benzene rings is 2. The molecule has 0 aromatic heterocycles. The fraction of sp³-hybridized carbons (Fsp3) is 0.150. The SMILES string of the molecule is COc1ccc(C(=O)NCCN2C(=O)S/C(=C\c3ccccc3F)C2=O)cc1Br. The lowest BCUT2D eigenvalue weighted by molar-refractivity contribution is -0.122. The van der Waals surface area contributed by atoms with Gasteiger partial charge in [0, 0.05) is 24.2 Å². The number of methoxy groups -OCH3 is 1. The van der Waals surface area contributed by atoms with Gasteiger partial charge in [0.15, 0.2) is 0 Å². The molecule has 1 aliphatic rings. The first-order valence-corrected chi connectivity index (χ1v) is 10.1. The summed E-state index contributed by atoms with van der Waals surface area (Å²) >= 11 is 4.06. The zero-order valence-electron chi connectivity index (χ0n) is 15.3. The Balaban J connectivity index is 1.60. The summed E-state index contributed by atoms with van der Waals surface area (Å²) in [6, 6.07) is 10.9. The van der Waals surface area contributed by atoms with Gasteiger partial charge >= 0.3 is 0 Å². The lowest BCUT2D eigenvalue weighted by Gasteiger charge is -2.13. The van der Waals surface area contributed by atoms with Gasteiger partial charge < -0.3 is 10.1 Å². The number of hydrogen-bond acceptors (Lipinski definition) is 5. The van der Waals surface area contributed by atoms with Crippen LogP contribution in [-0.2, 0) is 4.79 Å². The first-order valence-electron chi connectivity index (χ1n) is 8.52. The predicted octanol–water partition coefficient (Wildman–Crippen LogP) is 4.06. The van der Waals surface area contributed by atoms with Gasteiger partial charge in [-0.1, -0.05) is 18.2 Å². The van der Waals surface area contributed by atoms with Crippen LogP contribution in [0.5, 0.6) is 5.75 Å². The maximum Gasteiger partial charge on any atom is 0.293 e. The Labute approximate surface area is 179 Å². The van der Waals surface area contributed by atoms with Crippen molar-refractivity contribution in [1.29, 1.82) is 0 Å². The number of nitrogens with zero attached hydrogens (tertiary/aromatic N) is 1. The monoisotopic (exact) mass is 478 g/mol. The number of rotatable bonds is 6. The number of carbonyl (C=O) groups excluding carboxylic acids is 3. The van der Waals surface area contributed by atoms with E-state index in [0.717, 1.165) is 16.7 Å². The largest absolute Gasteiger partial charge is 0.496 e. The molecule has 0 aliphatic carbocycles. The van der Waals surface area contributed by atoms with Crippen LogP contribution in [0.4, 0.5) is 9.18 Å². The van der Waals surface area contributed by atoms with Crippen LogP contribution in [0.25, 0.3) is 6.08 Å². The summed E-state index contributed by atoms with van der Waals surface area (Å²) in [5.41, 5.74) is 0.641. The van der Waals surface area contributed by atoms with E-state index in [1.165, 1.54) is 25.3 Å². The highest BCUT2D eigenvalue weighted by atomic mass is 79.9. The Bertz CT molecular complexity index is 1010. The zero-order chi connectivity index (χ0) is 21.0. The van der Waals surface area contributed by atoms with Gasteiger partial charge in [-0.2, -0.15) is 0 Å². The summed E-state index contributed by atoms with van der Waals surface area (Å²) < 4.78 is 19.5. The molecule has 1 N–H and O–H groups in total. The van der Waals surface area contributed by atoms with Crippen LogP contribution in [0.3, 0.4) is 0 Å². The van der Waals surface area contributed by atoms with Crippen molar-refractivity contribution in [1.82, 2.24) is 10.2 Å². The Morgan fingerprint density at radius 1 is 1.28 bits per heavy atom. The molecule has 1 aliphatic heterocycles. The van der Waals surface area contributed by atoms with Crippen LogP contribution in [0.2, 0.25) is 0 Å². The number of ether oxygens (including phenoxy) is 1. The maximum atomic E-state index is 13.8. The van der Waals surface area contributed by atoms with Gasteiger partial charge in [-0.05, 0) is 58.0 Å². The molecule has 0 bridgehead atoms. The third kappa shape index (κ3) is 4.86. The molecule has 0 spiro atoms. The normalized spacial score (nSPS) is 15.1. The van der Waals surface area contributed by atoms with Gasteiger partial charge in [0.1, 0.15) is 11.6 Å². The molecule has 0 radical (unpaired) electrons. The molecule has 9 heteroatoms. The second-order valence-electron chi connectivity index (χ2n) is 5.96. The van der Waals surface area contributed by atoms with Crippen molar-refractivity contribution in [3.63, 3.8) is 0 Å². The molecule has 0 saturated carbocycles. The second kappa shape index (κ2) is 9.23. The lowest BCUT2D eigenvalue weighted by atomic mass is 10.2. The van der Waals surface area contributed by atoms with Gasteiger partial charge in [-0.3, -0.25) is 19.3 Å². The van der Waals surface area contributed by atoms with Crippen molar-refractivity contribution in [2.24, 2.45) is 0 Å². The second-order valence-corrected chi connectivity index (χ2v) is 7.81. The van der Waals surface area contributed by atoms with Gasteiger partial charge in [-0.15, -0.1) is 0 Å². The summed E-state index contributed by atoms with van der Waals surface area (Å²) in [7, 11) is 1.52. The minimum atomic E-state index is -0.510. The predicted molar refractivity (Wildman–Crippen MR) is 112 cm³/mol. The highest BCUT2D eigenvalue weighted by molar-refractivity contribution is 9.10. The van der Waals surface area contributed by atoms with Crippen molar-refractivity contribution in [3.05, 3.63) is 68.8 Å². The zero-order valence-corrected chi connectivity index (χ0v) is 17.7. The van der Waals surface area contributed by atoms with Gasteiger partial charge in [-0.25, -0.2) is 4.39 Å². The van der Waals surface area contributed by atoms with Crippen LogP contribution >= 0.6 is 27.7 Å². The molecule has 0 atom stereocenters. The van der Waals surface area contributed by atoms with Crippen molar-refractivity contribution in [2.75, 3.05) is 20.2 Å². The van der Waals surface area contributed by atoms with Crippen molar-refractivity contribution in [3.8, 4) is 5.75 Å². The molecule has 1 heterocycles. The molecule has 1 saturated heterocycles. The van der Waals surface area contributed by atoms with E-state index in [-0.39, 0.29) is 29.5 Å². The first-order chi connectivity index (χ1) is 13.9. The minimum Gasteiger partial charge on any atom is -0.496 e. The molecular weight excluding hydrogens is 463 g/mol. The highest BCUT2D eigenvalue weighted by Gasteiger charge is 2.34. The molecule has 3 amide bonds. The van der Waals surface area contributed by atoms with Gasteiger partial charge in [0.2, 0.25) is 0 Å². The number of nitrogens with one attached hydrogen (secondary N) is 1. The Morgan fingerprint density at radius 2 is 2.03 bits per heavy atom. The number of thioether (sulfide) groups is 1. The number of halogens is 2. The standard InChI is InChI=1S/C20H16BrFN2O4S/c1-28-16-7-6-13(10-14(16)21)18(25)23-8-9-24-19(26)17(29-20(24)27)11-12-4-2-3-5-15(12)22/h2-7,10-11H,8-9H2,1H3,(H,23,25)/b17-11-. The highest BCUT2D eigenvalue weighted by Crippen LogP contribution is 2.32. The van der Waals surface area contributed by atoms with E-state index in [4.69, 9.17) is 4.74 Å². The van der Waals surface area contributed by atoms with Crippen molar-refractivity contribution < 1.29 is 23.5 Å². The van der Waals surface area contributed by atoms with Crippen LogP contribution in [0.15, 0.2) is 51.8 Å². The molecule has 3 rings (SSSR count). The number of imide groups is 1. The van der Waals surface area contributed by atoms with Crippen LogP contribution < -0.4 is 10.1 Å². The molecule has 1 fully saturated rings. The average Bonchev–Trinajstić information content (AvgIpc) is 2.97. The Hall–Kier alpha value is -2.65. The van der Waals surface area contributed by atoms with Gasteiger partial charge in [0.05, 0.1) is 16.5 Å². The van der Waals surface area contributed by atoms with E-state index < -0.39 is 17.0 Å². The quantitative estimate of drug-likeness (QED) is 0.633. The molecule has 2 aromatic rings. The summed E-state index contributed by atoms with van der Waals surface area (Å²) in [5.74, 6) is -0.731. The summed E-state index contributed by atoms with van der Waals surface area (Å²) in [5, 5.41) is 2.21. The van der Waals surface area contributed by atoms with E-state index in [9.17, 15) is 18.8 Å². The summed E-state index contributed by atoms with van der Waals surface area (Å²) in [6.45, 7) is 0.107. The summed E-state index contributed by atoms with van der Waals surface area (Å²) in [6.07, 6.45) is 1.35. The third-order valence-corrected chi connectivity index (χ3v) is 5.63. The van der Waals surface area contributed by atoms with Crippen LogP contribution in [0.1, 0.15) is 15.9 Å². The number of carbonyl (C=O) groups is 3. The van der Waals surface area contributed by atoms with E-state index in [2.05, 4.69) is 21.2 Å². The molecule has 150 valence electrons. The van der Waals surface area contributed by atoms with Crippen LogP contribution in [0, 0.1) is 5.82 Å². The Kier molecular flexibility index (Phi) is 6.71. The molecule has 29 heavy (non-hydrogen) atoms. The molecular formula is C20H16BrFN2O4S. The van der Waals surface area contributed by atoms with Crippen molar-refractivity contribution >= 4 is 50.8 Å². The molecule has 2 aromatic carbocycles. The minimum absolute atomic E-state index is 0.0162. The van der Waals surface area contributed by atoms with Gasteiger partial charge in [0.25, 0.3) is 17.1 Å². The average molecular weight is 479 g/mol. The fourth-order valence-electron chi connectivity index (χ4n) is 2.62. The fourth-order valence-corrected chi connectivity index (χ4v) is 4.01. The van der Waals surface area contributed by atoms with Crippen LogP contribution in [-0.4, -0.2) is 42.2 Å². The summed E-state index contributed by atoms with van der Waals surface area (Å²) in [4.78, 5) is 38.0. The van der Waals surface area contributed by atoms with E-state index in [1.54, 1.807) is 30.3 Å². The topological polar surface area (TPSA) is 75.7 Å². The third-order valence-electron chi connectivity index (χ3n) is 4.10. The van der Waals surface area contributed by atoms with E-state index in [1.807, 2.05) is 0 Å². The lowest BCUT2D eigenvalue weighted by Crippen LogP contribution is -2.37. The van der Waals surface area contributed by atoms with E-state index >= 15 is 0 Å². The molecule has 0 unspecified atom stereocenters. The number of amides is 3. The smallest absolute Gasteiger partial charge is 0.293 e. The van der Waals surface area contributed by atoms with E-state index in [0.29, 0.717) is 15.8 Å². The number of hydrogen-bond donors (Lipinski definition) is 1.